The lowest BCUT2D eigenvalue weighted by atomic mass is 9.62. The Morgan fingerprint density at radius 2 is 1.84 bits per heavy atom. The number of aryl methyl sites for hydroxylation is 1. The van der Waals surface area contributed by atoms with Crippen molar-refractivity contribution in [1.82, 2.24) is 19.5 Å². The Kier molecular flexibility index (Phi) is 4.10. The number of benzene rings is 1. The van der Waals surface area contributed by atoms with Crippen LogP contribution in [-0.4, -0.2) is 25.6 Å². The fourth-order valence-corrected chi connectivity index (χ4v) is 5.87. The minimum Gasteiger partial charge on any atom is -0.366 e. The maximum Gasteiger partial charge on any atom is 0.166 e. The van der Waals surface area contributed by atoms with E-state index < -0.39 is 11.6 Å². The minimum atomic E-state index is -0.619. The van der Waals surface area contributed by atoms with Crippen LogP contribution in [0.1, 0.15) is 32.6 Å². The molecule has 2 atom stereocenters. The van der Waals surface area contributed by atoms with Crippen LogP contribution in [0.5, 0.6) is 0 Å². The van der Waals surface area contributed by atoms with Crippen LogP contribution in [0.2, 0.25) is 0 Å². The molecule has 3 aliphatic carbocycles. The number of fused-ring (bicyclic) bond motifs is 5. The molecule has 2 N–H and O–H groups in total. The van der Waals surface area contributed by atoms with Gasteiger partial charge in [0.05, 0.1) is 10.9 Å². The van der Waals surface area contributed by atoms with Gasteiger partial charge in [-0.05, 0) is 55.6 Å². The summed E-state index contributed by atoms with van der Waals surface area (Å²) in [5, 5.41) is 5.18. The molecule has 0 aliphatic heterocycles. The van der Waals surface area contributed by atoms with E-state index in [-0.39, 0.29) is 5.52 Å². The van der Waals surface area contributed by atoms with Gasteiger partial charge in [0, 0.05) is 42.5 Å². The fraction of sp³-hybridized carbons (Fsp3) is 0.417. The van der Waals surface area contributed by atoms with Crippen molar-refractivity contribution in [2.75, 3.05) is 5.32 Å². The van der Waals surface area contributed by atoms with E-state index in [0.717, 1.165) is 28.8 Å². The Hall–Kier alpha value is -2.96. The van der Waals surface area contributed by atoms with Gasteiger partial charge in [0.15, 0.2) is 5.82 Å². The zero-order valence-corrected chi connectivity index (χ0v) is 17.6. The topological polar surface area (TPSA) is 58.5 Å². The molecule has 3 aliphatic rings. The summed E-state index contributed by atoms with van der Waals surface area (Å²) >= 11 is 0. The van der Waals surface area contributed by atoms with E-state index in [1.54, 1.807) is 6.20 Å². The predicted molar refractivity (Wildman–Crippen MR) is 118 cm³/mol. The molecule has 7 rings (SSSR count). The van der Waals surface area contributed by atoms with Gasteiger partial charge in [-0.3, -0.25) is 0 Å². The molecule has 5 nitrogen and oxygen atoms in total. The molecular weight excluding hydrogens is 396 g/mol. The molecule has 2 bridgehead atoms. The SMILES string of the molecule is CC1C2CCC(CC2)C1Nc1nc(-c2c[nH]c3c(F)cc(F)cc23)nc2c1ccn2C. The lowest BCUT2D eigenvalue weighted by molar-refractivity contribution is 0.0929. The number of hydrogen-bond donors (Lipinski definition) is 2. The molecule has 3 heterocycles. The van der Waals surface area contributed by atoms with Gasteiger partial charge < -0.3 is 14.9 Å². The van der Waals surface area contributed by atoms with Gasteiger partial charge in [0.2, 0.25) is 0 Å². The first-order valence-corrected chi connectivity index (χ1v) is 11.1. The maximum atomic E-state index is 14.2. The lowest BCUT2D eigenvalue weighted by Crippen LogP contribution is -2.47. The molecule has 0 spiro atoms. The molecule has 3 fully saturated rings. The van der Waals surface area contributed by atoms with E-state index in [9.17, 15) is 8.78 Å². The van der Waals surface area contributed by atoms with Crippen LogP contribution in [0.3, 0.4) is 0 Å². The van der Waals surface area contributed by atoms with Crippen molar-refractivity contribution >= 4 is 27.8 Å². The number of aromatic nitrogens is 4. The second kappa shape index (κ2) is 6.77. The fourth-order valence-electron chi connectivity index (χ4n) is 5.87. The van der Waals surface area contributed by atoms with Crippen molar-refractivity contribution in [3.05, 3.63) is 42.2 Å². The number of anilines is 1. The highest BCUT2D eigenvalue weighted by molar-refractivity contribution is 5.96. The molecule has 2 unspecified atom stereocenters. The molecule has 4 aromatic rings. The van der Waals surface area contributed by atoms with E-state index in [1.807, 2.05) is 23.9 Å². The molecule has 1 aromatic carbocycles. The normalized spacial score (nSPS) is 25.5. The smallest absolute Gasteiger partial charge is 0.166 e. The summed E-state index contributed by atoms with van der Waals surface area (Å²) in [5.41, 5.74) is 1.66. The molecule has 160 valence electrons. The second-order valence-electron chi connectivity index (χ2n) is 9.28. The number of halogens is 2. The minimum absolute atomic E-state index is 0.264. The molecule has 3 aromatic heterocycles. The Morgan fingerprint density at radius 1 is 1.06 bits per heavy atom. The van der Waals surface area contributed by atoms with Crippen LogP contribution in [-0.2, 0) is 7.05 Å². The maximum absolute atomic E-state index is 14.2. The van der Waals surface area contributed by atoms with Crippen molar-refractivity contribution < 1.29 is 8.78 Å². The first kappa shape index (κ1) is 18.8. The van der Waals surface area contributed by atoms with Gasteiger partial charge in [-0.2, -0.15) is 0 Å². The number of nitrogens with zero attached hydrogens (tertiary/aromatic N) is 3. The molecule has 0 radical (unpaired) electrons. The zero-order valence-electron chi connectivity index (χ0n) is 17.6. The number of nitrogens with one attached hydrogen (secondary N) is 2. The van der Waals surface area contributed by atoms with Gasteiger partial charge in [-0.25, -0.2) is 18.7 Å². The Bertz CT molecular complexity index is 1300. The molecule has 3 saturated carbocycles. The summed E-state index contributed by atoms with van der Waals surface area (Å²) in [6.45, 7) is 2.35. The third-order valence-electron chi connectivity index (χ3n) is 7.61. The van der Waals surface area contributed by atoms with E-state index in [0.29, 0.717) is 34.7 Å². The summed E-state index contributed by atoms with van der Waals surface area (Å²) in [6, 6.07) is 4.63. The predicted octanol–water partition coefficient (Wildman–Crippen LogP) is 5.63. The molecule has 0 amide bonds. The zero-order chi connectivity index (χ0) is 21.3. The summed E-state index contributed by atoms with van der Waals surface area (Å²) in [5.74, 6) is 2.06. The standard InChI is InChI=1S/C24H25F2N5/c1-12-13-3-5-14(6-4-13)20(12)28-22-16-7-8-31(2)24(16)30-23(29-22)18-11-27-21-17(18)9-15(25)10-19(21)26/h7-14,20,27H,3-6H2,1-2H3,(H,28,29,30). The largest absolute Gasteiger partial charge is 0.366 e. The first-order chi connectivity index (χ1) is 15.0. The van der Waals surface area contributed by atoms with Gasteiger partial charge in [-0.15, -0.1) is 0 Å². The highest BCUT2D eigenvalue weighted by Gasteiger charge is 2.41. The number of rotatable bonds is 3. The number of H-pyrrole nitrogens is 1. The van der Waals surface area contributed by atoms with Crippen LogP contribution in [0, 0.1) is 29.4 Å². The second-order valence-corrected chi connectivity index (χ2v) is 9.28. The van der Waals surface area contributed by atoms with Crippen LogP contribution in [0.25, 0.3) is 33.3 Å². The lowest BCUT2D eigenvalue weighted by Gasteiger charge is -2.47. The Labute approximate surface area is 178 Å². The average Bonchev–Trinajstić information content (AvgIpc) is 3.35. The highest BCUT2D eigenvalue weighted by atomic mass is 19.1. The summed E-state index contributed by atoms with van der Waals surface area (Å²) in [7, 11) is 1.95. The highest BCUT2D eigenvalue weighted by Crippen LogP contribution is 2.46. The molecular formula is C24H25F2N5. The monoisotopic (exact) mass is 421 g/mol. The third-order valence-corrected chi connectivity index (χ3v) is 7.61. The van der Waals surface area contributed by atoms with E-state index in [2.05, 4.69) is 17.2 Å². The number of hydrogen-bond acceptors (Lipinski definition) is 3. The van der Waals surface area contributed by atoms with Gasteiger partial charge in [0.25, 0.3) is 0 Å². The van der Waals surface area contributed by atoms with Crippen molar-refractivity contribution in [3.8, 4) is 11.4 Å². The average molecular weight is 421 g/mol. The van der Waals surface area contributed by atoms with E-state index >= 15 is 0 Å². The van der Waals surface area contributed by atoms with Crippen LogP contribution < -0.4 is 5.32 Å². The van der Waals surface area contributed by atoms with Crippen molar-refractivity contribution in [2.45, 2.75) is 38.6 Å². The molecule has 31 heavy (non-hydrogen) atoms. The van der Waals surface area contributed by atoms with Crippen LogP contribution in [0.4, 0.5) is 14.6 Å². The van der Waals surface area contributed by atoms with Crippen LogP contribution in [0.15, 0.2) is 30.6 Å². The van der Waals surface area contributed by atoms with Crippen molar-refractivity contribution in [3.63, 3.8) is 0 Å². The Morgan fingerprint density at radius 3 is 2.61 bits per heavy atom. The quantitative estimate of drug-likeness (QED) is 0.451. The van der Waals surface area contributed by atoms with Gasteiger partial charge in [-0.1, -0.05) is 6.92 Å². The van der Waals surface area contributed by atoms with Gasteiger partial charge in [0.1, 0.15) is 23.1 Å². The summed E-state index contributed by atoms with van der Waals surface area (Å²) in [6.07, 6.45) is 8.82. The summed E-state index contributed by atoms with van der Waals surface area (Å²) in [4.78, 5) is 12.6. The molecule has 0 saturated heterocycles. The Balaban J connectivity index is 1.49. The van der Waals surface area contributed by atoms with Crippen LogP contribution >= 0.6 is 0 Å². The summed E-state index contributed by atoms with van der Waals surface area (Å²) < 4.78 is 30.1. The number of aromatic amines is 1. The third kappa shape index (κ3) is 2.86. The van der Waals surface area contributed by atoms with Crippen molar-refractivity contribution in [1.29, 1.82) is 0 Å². The molecule has 7 heteroatoms. The van der Waals surface area contributed by atoms with Crippen molar-refractivity contribution in [2.24, 2.45) is 24.8 Å². The van der Waals surface area contributed by atoms with E-state index in [1.165, 1.54) is 31.7 Å². The first-order valence-electron chi connectivity index (χ1n) is 11.1. The van der Waals surface area contributed by atoms with Gasteiger partial charge >= 0.3 is 0 Å². The van der Waals surface area contributed by atoms with E-state index in [4.69, 9.17) is 9.97 Å².